The largest absolute Gasteiger partial charge is 0.466 e. The van der Waals surface area contributed by atoms with E-state index in [2.05, 4.69) is 25.4 Å². The molecule has 1 aromatic rings. The van der Waals surface area contributed by atoms with E-state index in [9.17, 15) is 46.1 Å². The van der Waals surface area contributed by atoms with Crippen LogP contribution in [0, 0.1) is 11.8 Å². The number of esters is 2. The van der Waals surface area contributed by atoms with Gasteiger partial charge in [-0.25, -0.2) is 5.32 Å². The molecule has 0 radical (unpaired) electrons. The van der Waals surface area contributed by atoms with Crippen LogP contribution in [0.1, 0.15) is 25.3 Å². The summed E-state index contributed by atoms with van der Waals surface area (Å²) in [6.07, 6.45) is -11.8. The van der Waals surface area contributed by atoms with Gasteiger partial charge in [-0.3, -0.25) is 9.59 Å². The van der Waals surface area contributed by atoms with Gasteiger partial charge in [-0.2, -0.15) is 26.3 Å². The molecule has 0 aromatic heterocycles. The van der Waals surface area contributed by atoms with Crippen molar-refractivity contribution in [2.75, 3.05) is 13.2 Å². The van der Waals surface area contributed by atoms with E-state index >= 15 is 0 Å². The molecule has 3 N–H and O–H groups in total. The Morgan fingerprint density at radius 2 is 1.27 bits per heavy atom. The lowest BCUT2D eigenvalue weighted by molar-refractivity contribution is -0.376. The molecule has 2 rings (SSSR count). The fourth-order valence-corrected chi connectivity index (χ4v) is 4.09. The molecule has 1 unspecified atom stereocenters. The van der Waals surface area contributed by atoms with E-state index in [1.165, 1.54) is 26.0 Å². The third-order valence-electron chi connectivity index (χ3n) is 5.20. The van der Waals surface area contributed by atoms with E-state index in [1.807, 2.05) is 0 Å². The lowest BCUT2D eigenvalue weighted by Gasteiger charge is -2.54. The Bertz CT molecular complexity index is 831. The first-order valence-electron chi connectivity index (χ1n) is 9.51. The van der Waals surface area contributed by atoms with Crippen LogP contribution in [0.5, 0.6) is 0 Å². The number of alkyl halides is 6. The van der Waals surface area contributed by atoms with Crippen LogP contribution in [0.25, 0.3) is 0 Å². The molecule has 1 aliphatic heterocycles. The molecule has 186 valence electrons. The molecule has 0 amide bonds. The predicted octanol–water partition coefficient (Wildman–Crippen LogP) is 3.00. The molecule has 0 saturated carbocycles. The van der Waals surface area contributed by atoms with Gasteiger partial charge in [-0.15, -0.1) is 0 Å². The van der Waals surface area contributed by atoms with E-state index in [0.29, 0.717) is 4.47 Å². The smallest absolute Gasteiger partial charge is 0.432 e. The van der Waals surface area contributed by atoms with E-state index in [0.717, 1.165) is 17.4 Å². The van der Waals surface area contributed by atoms with Gasteiger partial charge >= 0.3 is 24.3 Å². The van der Waals surface area contributed by atoms with Crippen molar-refractivity contribution >= 4 is 27.9 Å². The molecule has 1 fully saturated rings. The van der Waals surface area contributed by atoms with Crippen LogP contribution in [0.3, 0.4) is 0 Å². The Kier molecular flexibility index (Phi) is 7.78. The van der Waals surface area contributed by atoms with Crippen LogP contribution in [0.4, 0.5) is 26.3 Å². The van der Waals surface area contributed by atoms with Crippen molar-refractivity contribution in [3.63, 3.8) is 0 Å². The van der Waals surface area contributed by atoms with Gasteiger partial charge in [0.05, 0.1) is 13.2 Å². The lowest BCUT2D eigenvalue weighted by Crippen LogP contribution is -2.81. The Labute approximate surface area is 192 Å². The Morgan fingerprint density at radius 3 is 1.58 bits per heavy atom. The molecule has 5 atom stereocenters. The first-order chi connectivity index (χ1) is 15.0. The van der Waals surface area contributed by atoms with Crippen molar-refractivity contribution in [1.82, 2.24) is 5.32 Å². The SMILES string of the molecule is CCOC(=O)[C@H]1C(c2ccc(Br)cc2)[C@H](C(=O)OCC)[C@](O)(C(F)(F)F)N[C@]1(O)C(F)(F)F. The second-order valence-corrected chi connectivity index (χ2v) is 8.11. The zero-order valence-electron chi connectivity index (χ0n) is 17.1. The van der Waals surface area contributed by atoms with Crippen LogP contribution in [0.15, 0.2) is 28.7 Å². The third kappa shape index (κ3) is 4.84. The number of rotatable bonds is 5. The average Bonchev–Trinajstić information content (AvgIpc) is 2.66. The van der Waals surface area contributed by atoms with Crippen molar-refractivity contribution in [2.24, 2.45) is 11.8 Å². The number of nitrogens with one attached hydrogen (secondary N) is 1. The minimum atomic E-state index is -5.92. The third-order valence-corrected chi connectivity index (χ3v) is 5.73. The van der Waals surface area contributed by atoms with E-state index in [4.69, 9.17) is 0 Å². The Morgan fingerprint density at radius 1 is 0.909 bits per heavy atom. The molecule has 0 bridgehead atoms. The fourth-order valence-electron chi connectivity index (χ4n) is 3.82. The molecule has 14 heteroatoms. The number of piperidine rings is 1. The summed E-state index contributed by atoms with van der Waals surface area (Å²) in [5.74, 6) is -11.5. The molecule has 1 aromatic carbocycles. The minimum absolute atomic E-state index is 0.373. The first kappa shape index (κ1) is 27.3. The number of carbonyl (C=O) groups is 2. The quantitative estimate of drug-likeness (QED) is 0.381. The normalized spacial score (nSPS) is 30.6. The van der Waals surface area contributed by atoms with Crippen LogP contribution < -0.4 is 5.32 Å². The highest BCUT2D eigenvalue weighted by molar-refractivity contribution is 9.10. The highest BCUT2D eigenvalue weighted by Crippen LogP contribution is 2.55. The first-order valence-corrected chi connectivity index (χ1v) is 10.3. The van der Waals surface area contributed by atoms with Gasteiger partial charge in [0, 0.05) is 10.4 Å². The van der Waals surface area contributed by atoms with Crippen LogP contribution >= 0.6 is 15.9 Å². The van der Waals surface area contributed by atoms with Gasteiger partial charge in [-0.1, -0.05) is 28.1 Å². The van der Waals surface area contributed by atoms with Crippen molar-refractivity contribution in [1.29, 1.82) is 0 Å². The van der Waals surface area contributed by atoms with Gasteiger partial charge in [0.15, 0.2) is 0 Å². The van der Waals surface area contributed by atoms with Crippen LogP contribution in [-0.2, 0) is 19.1 Å². The van der Waals surface area contributed by atoms with Gasteiger partial charge in [-0.05, 0) is 31.5 Å². The highest BCUT2D eigenvalue weighted by Gasteiger charge is 2.78. The molecule has 1 heterocycles. The van der Waals surface area contributed by atoms with Crippen LogP contribution in [-0.4, -0.2) is 59.2 Å². The summed E-state index contributed by atoms with van der Waals surface area (Å²) in [7, 11) is 0. The maximum Gasteiger partial charge on any atom is 0.432 e. The standard InChI is InChI=1S/C19H20BrF6NO6/c1-3-32-14(28)12-11(9-5-7-10(20)8-6-9)13(15(29)33-4-2)17(31,19(24,25)26)27-16(12,30)18(21,22)23/h5-8,11-13,27,30-31H,3-4H2,1-2H3/t11?,12-,13-,16-,17+/m1/s1. The number of hydrogen-bond donors (Lipinski definition) is 3. The van der Waals surface area contributed by atoms with Gasteiger partial charge in [0.1, 0.15) is 11.8 Å². The van der Waals surface area contributed by atoms with Gasteiger partial charge in [0.25, 0.3) is 0 Å². The van der Waals surface area contributed by atoms with Gasteiger partial charge in [0.2, 0.25) is 11.4 Å². The van der Waals surface area contributed by atoms with Crippen molar-refractivity contribution in [2.45, 2.75) is 43.6 Å². The number of halogens is 7. The van der Waals surface area contributed by atoms with Gasteiger partial charge < -0.3 is 19.7 Å². The molecular formula is C19H20BrF6NO6. The topological polar surface area (TPSA) is 105 Å². The highest BCUT2D eigenvalue weighted by atomic mass is 79.9. The van der Waals surface area contributed by atoms with E-state index in [1.54, 1.807) is 0 Å². The van der Waals surface area contributed by atoms with Crippen molar-refractivity contribution < 1.29 is 55.6 Å². The zero-order valence-corrected chi connectivity index (χ0v) is 18.7. The Balaban J connectivity index is 2.95. The van der Waals surface area contributed by atoms with Crippen LogP contribution in [0.2, 0.25) is 0 Å². The maximum atomic E-state index is 14.0. The Hall–Kier alpha value is -1.90. The lowest BCUT2D eigenvalue weighted by atomic mass is 9.64. The summed E-state index contributed by atoms with van der Waals surface area (Å²) in [5, 5.41) is 21.8. The van der Waals surface area contributed by atoms with E-state index in [-0.39, 0.29) is 5.56 Å². The summed E-state index contributed by atoms with van der Waals surface area (Å²) < 4.78 is 93.7. The summed E-state index contributed by atoms with van der Waals surface area (Å²) in [6, 6.07) is 4.57. The molecule has 0 aliphatic carbocycles. The minimum Gasteiger partial charge on any atom is -0.466 e. The molecule has 7 nitrogen and oxygen atoms in total. The van der Waals surface area contributed by atoms with Crippen molar-refractivity contribution in [3.8, 4) is 0 Å². The summed E-state index contributed by atoms with van der Waals surface area (Å²) >= 11 is 3.06. The fraction of sp³-hybridized carbons (Fsp3) is 0.579. The molecule has 0 spiro atoms. The van der Waals surface area contributed by atoms with E-state index < -0.39 is 66.7 Å². The molecule has 33 heavy (non-hydrogen) atoms. The van der Waals surface area contributed by atoms with Crippen molar-refractivity contribution in [3.05, 3.63) is 34.3 Å². The summed E-state index contributed by atoms with van der Waals surface area (Å²) in [5.41, 5.74) is -9.66. The number of benzene rings is 1. The number of hydrogen-bond acceptors (Lipinski definition) is 7. The number of ether oxygens (including phenoxy) is 2. The summed E-state index contributed by atoms with van der Waals surface area (Å²) in [4.78, 5) is 25.3. The number of aliphatic hydroxyl groups is 2. The predicted molar refractivity (Wildman–Crippen MR) is 102 cm³/mol. The summed E-state index contributed by atoms with van der Waals surface area (Å²) in [6.45, 7) is 1.49. The molecule has 1 saturated heterocycles. The molecular weight excluding hydrogens is 532 g/mol. The maximum absolute atomic E-state index is 14.0. The zero-order chi connectivity index (χ0) is 25.4. The number of carbonyl (C=O) groups excluding carboxylic acids is 2. The monoisotopic (exact) mass is 551 g/mol. The average molecular weight is 552 g/mol. The second-order valence-electron chi connectivity index (χ2n) is 7.19. The second kappa shape index (κ2) is 9.39. The molecule has 1 aliphatic rings.